The fourth-order valence-corrected chi connectivity index (χ4v) is 10.6. The first-order chi connectivity index (χ1) is 31.7. The van der Waals surface area contributed by atoms with Crippen LogP contribution in [0.1, 0.15) is 87.4 Å². The number of hydrogen-bond donors (Lipinski definition) is 3. The second kappa shape index (κ2) is 17.1. The summed E-state index contributed by atoms with van der Waals surface area (Å²) < 4.78 is 40.4. The molecule has 3 N–H and O–H groups in total. The molecule has 4 aliphatic heterocycles. The van der Waals surface area contributed by atoms with Gasteiger partial charge in [0.1, 0.15) is 34.7 Å². The highest BCUT2D eigenvalue weighted by atomic mass is 19.1. The number of anilines is 1. The summed E-state index contributed by atoms with van der Waals surface area (Å²) in [5.41, 5.74) is 2.23. The number of phenols is 1. The van der Waals surface area contributed by atoms with E-state index in [0.29, 0.717) is 98.1 Å². The maximum absolute atomic E-state index is 17.1. The zero-order valence-corrected chi connectivity index (χ0v) is 37.3. The molecule has 0 aliphatic carbocycles. The third kappa shape index (κ3) is 8.16. The second-order valence-electron chi connectivity index (χ2n) is 18.7. The molecule has 3 aromatic carbocycles. The molecule has 0 radical (unpaired) electrons. The average molecular weight is 902 g/mol. The molecule has 3 atom stereocenters. The number of nitrogens with zero attached hydrogens (tertiary/aromatic N) is 8. The lowest BCUT2D eigenvalue weighted by Gasteiger charge is -2.38. The van der Waals surface area contributed by atoms with Gasteiger partial charge in [0.25, 0.3) is 0 Å². The number of amides is 3. The van der Waals surface area contributed by atoms with Crippen molar-refractivity contribution < 1.29 is 38.1 Å². The summed E-state index contributed by atoms with van der Waals surface area (Å²) in [6.07, 6.45) is 5.66. The molecular weight excluding hydrogens is 849 g/mol. The van der Waals surface area contributed by atoms with Crippen molar-refractivity contribution in [2.75, 3.05) is 50.7 Å². The van der Waals surface area contributed by atoms with Gasteiger partial charge in [-0.2, -0.15) is 15.1 Å². The molecule has 17 heteroatoms. The SMILES string of the molecule is CCc1c(F)ccc2cc(O)cc(-c3ncc4c(N5CCC[C@@](C)(O)C5)nc(OC5CCN(CC(=O)N6CCC(c7ccc8c(C9CCC(=O)NC9=O)nn(C)c8c7)CC6)C5)nc4c3F)c12. The summed E-state index contributed by atoms with van der Waals surface area (Å²) in [7, 11) is 1.87. The Kier molecular flexibility index (Phi) is 11.3. The van der Waals surface area contributed by atoms with E-state index in [1.807, 2.05) is 29.8 Å². The Morgan fingerprint density at radius 2 is 1.82 bits per heavy atom. The van der Waals surface area contributed by atoms with Crippen LogP contribution in [0.5, 0.6) is 11.8 Å². The lowest BCUT2D eigenvalue weighted by Crippen LogP contribution is -2.46. The van der Waals surface area contributed by atoms with Gasteiger partial charge in [-0.1, -0.05) is 25.1 Å². The van der Waals surface area contributed by atoms with E-state index in [0.717, 1.165) is 29.3 Å². The molecule has 344 valence electrons. The Hall–Kier alpha value is -6.33. The Morgan fingerprint density at radius 1 is 1.00 bits per heavy atom. The zero-order valence-electron chi connectivity index (χ0n) is 37.3. The van der Waals surface area contributed by atoms with Crippen LogP contribution in [0, 0.1) is 11.6 Å². The zero-order chi connectivity index (χ0) is 46.0. The van der Waals surface area contributed by atoms with Gasteiger partial charge >= 0.3 is 6.01 Å². The van der Waals surface area contributed by atoms with Crippen LogP contribution < -0.4 is 15.0 Å². The molecular formula is C49H53F2N9O6. The molecule has 10 rings (SSSR count). The number of fused-ring (bicyclic) bond motifs is 3. The van der Waals surface area contributed by atoms with Crippen LogP contribution in [-0.2, 0) is 27.9 Å². The third-order valence-electron chi connectivity index (χ3n) is 14.0. The van der Waals surface area contributed by atoms with Gasteiger partial charge in [-0.15, -0.1) is 0 Å². The largest absolute Gasteiger partial charge is 0.508 e. The number of aryl methyl sites for hydroxylation is 2. The summed E-state index contributed by atoms with van der Waals surface area (Å²) in [6.45, 7) is 6.90. The van der Waals surface area contributed by atoms with Gasteiger partial charge in [0.15, 0.2) is 5.82 Å². The standard InChI is InChI=1S/C49H53F2N9O6/c1-4-32-37(50)10-7-29-20-30(61)22-35(41(29)32)44-42(51)45-36(23-52-44)46(60-16-5-15-49(2,65)26-60)55-48(54-45)66-31-14-17-58(24-31)25-40(63)59-18-12-27(13-19-59)28-6-8-33-38(21-28)57(3)56-43(33)34-9-11-39(62)53-47(34)64/h6-8,10,20-23,27,31,34,61,65H,4-5,9,11-19,24-26H2,1-3H3,(H,53,62,64)/t31?,34?,49-/m1/s1. The third-order valence-corrected chi connectivity index (χ3v) is 14.0. The fraction of sp³-hybridized carbons (Fsp3) is 0.449. The van der Waals surface area contributed by atoms with Crippen LogP contribution in [0.4, 0.5) is 14.6 Å². The number of hydrogen-bond acceptors (Lipinski definition) is 12. The molecule has 66 heavy (non-hydrogen) atoms. The highest BCUT2D eigenvalue weighted by molar-refractivity contribution is 6.03. The number of phenolic OH excluding ortho intramolecular Hbond substituents is 1. The fourth-order valence-electron chi connectivity index (χ4n) is 10.6. The minimum atomic E-state index is -1.00. The lowest BCUT2D eigenvalue weighted by atomic mass is 9.88. The van der Waals surface area contributed by atoms with Crippen molar-refractivity contribution in [3.63, 3.8) is 0 Å². The van der Waals surface area contributed by atoms with E-state index in [1.54, 1.807) is 17.7 Å². The smallest absolute Gasteiger partial charge is 0.319 e. The van der Waals surface area contributed by atoms with Gasteiger partial charge in [-0.05, 0) is 104 Å². The highest BCUT2D eigenvalue weighted by Crippen LogP contribution is 2.40. The Balaban J connectivity index is 0.838. The number of aromatic hydroxyl groups is 1. The van der Waals surface area contributed by atoms with Crippen LogP contribution in [0.25, 0.3) is 43.8 Å². The van der Waals surface area contributed by atoms with Gasteiger partial charge in [-0.25, -0.2) is 8.78 Å². The van der Waals surface area contributed by atoms with E-state index in [2.05, 4.69) is 37.4 Å². The van der Waals surface area contributed by atoms with Gasteiger partial charge in [-0.3, -0.25) is 34.3 Å². The van der Waals surface area contributed by atoms with Crippen molar-refractivity contribution in [3.05, 3.63) is 77.1 Å². The van der Waals surface area contributed by atoms with Gasteiger partial charge in [0.05, 0.1) is 34.7 Å². The molecule has 0 spiro atoms. The maximum Gasteiger partial charge on any atom is 0.319 e. The lowest BCUT2D eigenvalue weighted by molar-refractivity contribution is -0.135. The summed E-state index contributed by atoms with van der Waals surface area (Å²) in [6, 6.07) is 12.0. The van der Waals surface area contributed by atoms with E-state index in [1.165, 1.54) is 24.4 Å². The molecule has 4 fully saturated rings. The number of aliphatic hydroxyl groups is 1. The van der Waals surface area contributed by atoms with Gasteiger partial charge in [0.2, 0.25) is 17.7 Å². The number of benzene rings is 3. The van der Waals surface area contributed by atoms with Crippen LogP contribution in [-0.4, -0.2) is 120 Å². The first kappa shape index (κ1) is 43.6. The Morgan fingerprint density at radius 3 is 2.59 bits per heavy atom. The van der Waals surface area contributed by atoms with E-state index < -0.39 is 23.2 Å². The summed E-state index contributed by atoms with van der Waals surface area (Å²) >= 11 is 0. The van der Waals surface area contributed by atoms with Crippen molar-refractivity contribution in [1.82, 2.24) is 39.8 Å². The minimum Gasteiger partial charge on any atom is -0.508 e. The van der Waals surface area contributed by atoms with E-state index in [9.17, 15) is 24.6 Å². The predicted molar refractivity (Wildman–Crippen MR) is 243 cm³/mol. The highest BCUT2D eigenvalue weighted by Gasteiger charge is 2.35. The van der Waals surface area contributed by atoms with Crippen LogP contribution in [0.2, 0.25) is 0 Å². The number of imide groups is 1. The van der Waals surface area contributed by atoms with Crippen LogP contribution >= 0.6 is 0 Å². The molecule has 4 aliphatic rings. The normalized spacial score (nSPS) is 22.2. The first-order valence-electron chi connectivity index (χ1n) is 23.0. The first-order valence-corrected chi connectivity index (χ1v) is 23.0. The summed E-state index contributed by atoms with van der Waals surface area (Å²) in [5, 5.41) is 31.1. The van der Waals surface area contributed by atoms with Crippen molar-refractivity contribution in [2.24, 2.45) is 7.05 Å². The number of likely N-dealkylation sites (tertiary alicyclic amines) is 2. The number of ether oxygens (including phenoxy) is 1. The average Bonchev–Trinajstić information content (AvgIpc) is 3.88. The van der Waals surface area contributed by atoms with E-state index in [4.69, 9.17) is 9.72 Å². The van der Waals surface area contributed by atoms with Gasteiger partial charge < -0.3 is 24.7 Å². The number of β-amino-alcohol motifs (C(OH)–C–C–N with tert-alkyl or cyclic N) is 1. The number of aromatic nitrogens is 5. The van der Waals surface area contributed by atoms with Gasteiger partial charge in [0, 0.05) is 69.9 Å². The number of rotatable bonds is 9. The van der Waals surface area contributed by atoms with Crippen molar-refractivity contribution in [2.45, 2.75) is 88.8 Å². The molecule has 3 amide bonds. The Bertz CT molecular complexity index is 2930. The number of nitrogens with one attached hydrogen (secondary N) is 1. The maximum atomic E-state index is 17.1. The number of piperidine rings is 3. The van der Waals surface area contributed by atoms with Crippen LogP contribution in [0.15, 0.2) is 48.7 Å². The van der Waals surface area contributed by atoms with E-state index in [-0.39, 0.29) is 77.8 Å². The Labute approximate surface area is 379 Å². The number of halogens is 2. The topological polar surface area (TPSA) is 179 Å². The molecule has 2 unspecified atom stereocenters. The quantitative estimate of drug-likeness (QED) is 0.144. The molecule has 6 aromatic rings. The molecule has 0 bridgehead atoms. The predicted octanol–water partition coefficient (Wildman–Crippen LogP) is 6.01. The van der Waals surface area contributed by atoms with Crippen molar-refractivity contribution in [1.29, 1.82) is 0 Å². The van der Waals surface area contributed by atoms with Crippen LogP contribution in [0.3, 0.4) is 0 Å². The molecule has 0 saturated carbocycles. The van der Waals surface area contributed by atoms with E-state index >= 15 is 8.78 Å². The number of carbonyl (C=O) groups is 3. The molecule has 3 aromatic heterocycles. The van der Waals surface area contributed by atoms with Crippen molar-refractivity contribution in [3.8, 4) is 23.0 Å². The molecule has 15 nitrogen and oxygen atoms in total. The number of carbonyl (C=O) groups excluding carboxylic acids is 3. The summed E-state index contributed by atoms with van der Waals surface area (Å²) in [4.78, 5) is 57.9. The minimum absolute atomic E-state index is 0.0409. The monoisotopic (exact) mass is 901 g/mol. The number of pyridine rings is 1. The molecule has 4 saturated heterocycles. The second-order valence-corrected chi connectivity index (χ2v) is 18.7. The summed E-state index contributed by atoms with van der Waals surface area (Å²) in [5.74, 6) is -1.68. The van der Waals surface area contributed by atoms with Crippen molar-refractivity contribution >= 4 is 56.1 Å². The molecule has 7 heterocycles.